The van der Waals surface area contributed by atoms with Gasteiger partial charge in [-0.1, -0.05) is 26.0 Å². The van der Waals surface area contributed by atoms with Gasteiger partial charge in [-0.2, -0.15) is 13.2 Å². The lowest BCUT2D eigenvalue weighted by molar-refractivity contribution is -0.112. The number of fused-ring (bicyclic) bond motifs is 1. The van der Waals surface area contributed by atoms with E-state index in [-0.39, 0.29) is 5.57 Å². The van der Waals surface area contributed by atoms with Crippen molar-refractivity contribution >= 4 is 24.2 Å². The average molecular weight is 367 g/mol. The third kappa shape index (κ3) is 4.77. The summed E-state index contributed by atoms with van der Waals surface area (Å²) in [6.07, 6.45) is -1.65. The molecule has 0 unspecified atom stereocenters. The first kappa shape index (κ1) is 20.3. The van der Waals surface area contributed by atoms with Crippen LogP contribution < -0.4 is 10.8 Å². The molecule has 0 fully saturated rings. The van der Waals surface area contributed by atoms with Crippen molar-refractivity contribution in [3.63, 3.8) is 0 Å². The van der Waals surface area contributed by atoms with E-state index in [2.05, 4.69) is 5.32 Å². The third-order valence-electron chi connectivity index (χ3n) is 4.15. The second kappa shape index (κ2) is 8.10. The summed E-state index contributed by atoms with van der Waals surface area (Å²) < 4.78 is 44.5. The Balaban J connectivity index is 2.24. The lowest BCUT2D eigenvalue weighted by Crippen LogP contribution is -2.41. The van der Waals surface area contributed by atoms with Crippen LogP contribution in [0.4, 0.5) is 18.9 Å². The predicted octanol–water partition coefficient (Wildman–Crippen LogP) is 2.98. The highest BCUT2D eigenvalue weighted by Crippen LogP contribution is 2.32. The number of alkyl halides is 3. The molecule has 1 amide bonds. The number of carbonyl (C=O) groups is 1. The number of anilines is 1. The lowest BCUT2D eigenvalue weighted by atomic mass is 9.73. The highest BCUT2D eigenvalue weighted by molar-refractivity contribution is 6.61. The normalized spacial score (nSPS) is 15.9. The number of rotatable bonds is 4. The van der Waals surface area contributed by atoms with E-state index in [4.69, 9.17) is 4.65 Å². The van der Waals surface area contributed by atoms with Crippen LogP contribution in [-0.2, 0) is 15.9 Å². The second-order valence-electron chi connectivity index (χ2n) is 6.34. The monoisotopic (exact) mass is 367 g/mol. The van der Waals surface area contributed by atoms with E-state index in [0.717, 1.165) is 11.6 Å². The van der Waals surface area contributed by atoms with Crippen LogP contribution in [-0.4, -0.2) is 30.8 Å². The first-order valence-corrected chi connectivity index (χ1v) is 8.32. The molecule has 0 aromatic heterocycles. The molecule has 0 saturated heterocycles. The van der Waals surface area contributed by atoms with Crippen LogP contribution in [0.1, 0.15) is 26.3 Å². The molecule has 8 heteroatoms. The van der Waals surface area contributed by atoms with Gasteiger partial charge in [0.1, 0.15) is 0 Å². The molecule has 1 aliphatic heterocycles. The number of amides is 1. The minimum absolute atomic E-state index is 0.0828. The maximum absolute atomic E-state index is 13.1. The Labute approximate surface area is 150 Å². The highest BCUT2D eigenvalue weighted by Gasteiger charge is 2.35. The number of hydrogen-bond acceptors (Lipinski definition) is 3. The molecule has 0 atom stereocenters. The Hall–Kier alpha value is -2.06. The molecular formula is C18H21BF3NO3. The summed E-state index contributed by atoms with van der Waals surface area (Å²) in [6.45, 7) is 4.76. The van der Waals surface area contributed by atoms with Gasteiger partial charge in [-0.25, -0.2) is 0 Å². The molecule has 1 aromatic rings. The Bertz CT molecular complexity index is 742. The molecule has 140 valence electrons. The number of hydrogen-bond donors (Lipinski definition) is 2. The fraction of sp³-hybridized carbons (Fsp3) is 0.389. The Kier molecular flexibility index (Phi) is 6.31. The zero-order chi connectivity index (χ0) is 19.5. The summed E-state index contributed by atoms with van der Waals surface area (Å²) >= 11 is 0. The highest BCUT2D eigenvalue weighted by atomic mass is 19.4. The minimum atomic E-state index is -4.50. The first-order chi connectivity index (χ1) is 12.1. The Morgan fingerprint density at radius 3 is 2.65 bits per heavy atom. The Morgan fingerprint density at radius 2 is 2.08 bits per heavy atom. The quantitative estimate of drug-likeness (QED) is 0.489. The molecule has 2 N–H and O–H groups in total. The van der Waals surface area contributed by atoms with E-state index in [1.54, 1.807) is 18.2 Å². The van der Waals surface area contributed by atoms with Crippen molar-refractivity contribution in [2.24, 2.45) is 5.92 Å². The SMILES string of the molecule is CC=C(/C=C(\C(C)C)C(F)(F)F)C(=O)Nc1ccc2c(c1)B(O)OCC2. The summed E-state index contributed by atoms with van der Waals surface area (Å²) in [6, 6.07) is 4.98. The van der Waals surface area contributed by atoms with E-state index in [0.29, 0.717) is 24.2 Å². The van der Waals surface area contributed by atoms with Gasteiger partial charge in [0.05, 0.1) is 0 Å². The van der Waals surface area contributed by atoms with Crippen LogP contribution in [0.15, 0.2) is 41.5 Å². The van der Waals surface area contributed by atoms with Crippen LogP contribution in [0.5, 0.6) is 0 Å². The van der Waals surface area contributed by atoms with Crippen molar-refractivity contribution in [3.8, 4) is 0 Å². The summed E-state index contributed by atoms with van der Waals surface area (Å²) in [5.41, 5.74) is 0.983. The van der Waals surface area contributed by atoms with Gasteiger partial charge in [-0.05, 0) is 48.5 Å². The van der Waals surface area contributed by atoms with Crippen LogP contribution in [0.2, 0.25) is 0 Å². The molecule has 0 aliphatic carbocycles. The van der Waals surface area contributed by atoms with E-state index >= 15 is 0 Å². The van der Waals surface area contributed by atoms with Crippen molar-refractivity contribution in [1.82, 2.24) is 0 Å². The minimum Gasteiger partial charge on any atom is -0.423 e. The molecule has 1 aliphatic rings. The fourth-order valence-corrected chi connectivity index (χ4v) is 2.73. The van der Waals surface area contributed by atoms with Gasteiger partial charge in [-0.3, -0.25) is 4.79 Å². The van der Waals surface area contributed by atoms with Crippen molar-refractivity contribution in [2.45, 2.75) is 33.4 Å². The van der Waals surface area contributed by atoms with Gasteiger partial charge in [-0.15, -0.1) is 0 Å². The van der Waals surface area contributed by atoms with E-state index in [9.17, 15) is 23.0 Å². The number of carbonyl (C=O) groups excluding carboxylic acids is 1. The summed E-state index contributed by atoms with van der Waals surface area (Å²) in [5.74, 6) is -1.42. The zero-order valence-electron chi connectivity index (χ0n) is 14.9. The van der Waals surface area contributed by atoms with Crippen molar-refractivity contribution in [1.29, 1.82) is 0 Å². The molecule has 0 spiro atoms. The molecule has 1 aromatic carbocycles. The average Bonchev–Trinajstić information content (AvgIpc) is 2.54. The van der Waals surface area contributed by atoms with Crippen molar-refractivity contribution in [2.75, 3.05) is 11.9 Å². The molecule has 1 heterocycles. The maximum Gasteiger partial charge on any atom is 0.491 e. The number of nitrogens with one attached hydrogen (secondary N) is 1. The topological polar surface area (TPSA) is 58.6 Å². The molecule has 2 rings (SSSR count). The van der Waals surface area contributed by atoms with Gasteiger partial charge in [0.2, 0.25) is 0 Å². The fourth-order valence-electron chi connectivity index (χ4n) is 2.73. The molecule has 26 heavy (non-hydrogen) atoms. The molecular weight excluding hydrogens is 346 g/mol. The van der Waals surface area contributed by atoms with Gasteiger partial charge >= 0.3 is 13.3 Å². The van der Waals surface area contributed by atoms with Crippen LogP contribution >= 0.6 is 0 Å². The van der Waals surface area contributed by atoms with Crippen LogP contribution in [0.3, 0.4) is 0 Å². The maximum atomic E-state index is 13.1. The summed E-state index contributed by atoms with van der Waals surface area (Å²) in [7, 11) is -1.07. The van der Waals surface area contributed by atoms with E-state index < -0.39 is 30.7 Å². The predicted molar refractivity (Wildman–Crippen MR) is 95.1 cm³/mol. The second-order valence-corrected chi connectivity index (χ2v) is 6.34. The Morgan fingerprint density at radius 1 is 1.38 bits per heavy atom. The molecule has 4 nitrogen and oxygen atoms in total. The van der Waals surface area contributed by atoms with Gasteiger partial charge in [0, 0.05) is 23.4 Å². The van der Waals surface area contributed by atoms with Crippen LogP contribution in [0.25, 0.3) is 0 Å². The lowest BCUT2D eigenvalue weighted by Gasteiger charge is -2.20. The van der Waals surface area contributed by atoms with Crippen molar-refractivity contribution < 1.29 is 27.6 Å². The molecule has 0 bridgehead atoms. The summed E-state index contributed by atoms with van der Waals surface area (Å²) in [5, 5.41) is 12.4. The van der Waals surface area contributed by atoms with Gasteiger partial charge in [0.15, 0.2) is 0 Å². The standard InChI is InChI=1S/C18H21BF3NO3/c1-4-12(9-15(11(2)3)18(20,21)22)17(24)23-14-6-5-13-7-8-26-19(25)16(13)10-14/h4-6,9-11,25H,7-8H2,1-3H3,(H,23,24)/b12-4?,15-9+. The van der Waals surface area contributed by atoms with E-state index in [1.807, 2.05) is 0 Å². The van der Waals surface area contributed by atoms with E-state index in [1.165, 1.54) is 26.8 Å². The van der Waals surface area contributed by atoms with Gasteiger partial charge < -0.3 is 15.0 Å². The van der Waals surface area contributed by atoms with Crippen LogP contribution in [0, 0.1) is 5.92 Å². The zero-order valence-corrected chi connectivity index (χ0v) is 14.9. The van der Waals surface area contributed by atoms with Crippen molar-refractivity contribution in [3.05, 3.63) is 47.1 Å². The molecule has 0 saturated carbocycles. The first-order valence-electron chi connectivity index (χ1n) is 8.32. The largest absolute Gasteiger partial charge is 0.491 e. The number of benzene rings is 1. The number of halogens is 3. The molecule has 0 radical (unpaired) electrons. The third-order valence-corrected chi connectivity index (χ3v) is 4.15. The van der Waals surface area contributed by atoms with Gasteiger partial charge in [0.25, 0.3) is 5.91 Å². The number of allylic oxidation sites excluding steroid dienone is 2. The smallest absolute Gasteiger partial charge is 0.423 e. The summed E-state index contributed by atoms with van der Waals surface area (Å²) in [4.78, 5) is 12.4.